The summed E-state index contributed by atoms with van der Waals surface area (Å²) in [5, 5.41) is 3.35. The van der Waals surface area contributed by atoms with Gasteiger partial charge < -0.3 is 10.1 Å². The number of nitrogens with one attached hydrogen (secondary N) is 1. The van der Waals surface area contributed by atoms with Crippen LogP contribution in [0.15, 0.2) is 35.6 Å². The molecule has 1 aromatic heterocycles. The van der Waals surface area contributed by atoms with Gasteiger partial charge in [0.2, 0.25) is 0 Å². The zero-order chi connectivity index (χ0) is 17.1. The minimum atomic E-state index is -0.446. The molecule has 1 aliphatic heterocycles. The van der Waals surface area contributed by atoms with E-state index in [9.17, 15) is 9.59 Å². The number of nitrogens with zero attached hydrogens (tertiary/aromatic N) is 3. The van der Waals surface area contributed by atoms with Crippen LogP contribution in [0, 0.1) is 0 Å². The molecule has 2 heterocycles. The molecule has 124 valence electrons. The van der Waals surface area contributed by atoms with Crippen LogP contribution in [0.1, 0.15) is 10.5 Å². The smallest absolute Gasteiger partial charge is 0.414 e. The van der Waals surface area contributed by atoms with Crippen LogP contribution in [0.3, 0.4) is 0 Å². The normalized spacial score (nSPS) is 13.8. The first-order chi connectivity index (χ1) is 11.6. The van der Waals surface area contributed by atoms with Gasteiger partial charge in [-0.3, -0.25) is 9.69 Å². The second-order valence-electron chi connectivity index (χ2n) is 4.82. The molecular weight excluding hydrogens is 352 g/mol. The van der Waals surface area contributed by atoms with E-state index in [2.05, 4.69) is 15.3 Å². The van der Waals surface area contributed by atoms with Crippen molar-refractivity contribution in [2.75, 3.05) is 29.6 Å². The Morgan fingerprint density at radius 2 is 2.29 bits per heavy atom. The van der Waals surface area contributed by atoms with Crippen molar-refractivity contribution in [2.24, 2.45) is 0 Å². The van der Waals surface area contributed by atoms with Gasteiger partial charge in [0.05, 0.1) is 17.8 Å². The van der Waals surface area contributed by atoms with Gasteiger partial charge in [0.25, 0.3) is 5.91 Å². The number of thioether (sulfide) groups is 1. The molecule has 0 atom stereocenters. The van der Waals surface area contributed by atoms with Crippen LogP contribution in [0.25, 0.3) is 0 Å². The first kappa shape index (κ1) is 16.5. The van der Waals surface area contributed by atoms with Gasteiger partial charge in [-0.1, -0.05) is 29.4 Å². The maximum atomic E-state index is 12.4. The Bertz CT molecular complexity index is 802. The molecule has 1 fully saturated rings. The van der Waals surface area contributed by atoms with Crippen molar-refractivity contribution < 1.29 is 14.3 Å². The molecule has 0 saturated carbocycles. The number of carbonyl (C=O) groups is 2. The number of benzene rings is 1. The Morgan fingerprint density at radius 1 is 1.46 bits per heavy atom. The molecule has 1 aliphatic rings. The van der Waals surface area contributed by atoms with Gasteiger partial charge in [-0.2, -0.15) is 0 Å². The lowest BCUT2D eigenvalue weighted by molar-refractivity contribution is 0.102. The molecule has 9 heteroatoms. The fourth-order valence-corrected chi connectivity index (χ4v) is 2.70. The Morgan fingerprint density at radius 3 is 3.00 bits per heavy atom. The zero-order valence-corrected chi connectivity index (χ0v) is 14.2. The van der Waals surface area contributed by atoms with Gasteiger partial charge >= 0.3 is 6.09 Å². The van der Waals surface area contributed by atoms with Gasteiger partial charge in [-0.25, -0.2) is 14.8 Å². The lowest BCUT2D eigenvalue weighted by atomic mass is 10.2. The number of rotatable bonds is 4. The Kier molecular flexibility index (Phi) is 4.86. The maximum Gasteiger partial charge on any atom is 0.414 e. The van der Waals surface area contributed by atoms with Gasteiger partial charge in [0.15, 0.2) is 10.9 Å². The second-order valence-corrected chi connectivity index (χ2v) is 6.00. The fourth-order valence-electron chi connectivity index (χ4n) is 2.18. The van der Waals surface area contributed by atoms with Crippen LogP contribution in [0.2, 0.25) is 5.02 Å². The SMILES string of the molecule is CSc1ncc(Cl)c(C(=O)Nc2cccc(N3CCOC3=O)c2)n1. The molecule has 1 aromatic carbocycles. The first-order valence-electron chi connectivity index (χ1n) is 7.00. The number of aromatic nitrogens is 2. The summed E-state index contributed by atoms with van der Waals surface area (Å²) in [5.41, 5.74) is 1.27. The van der Waals surface area contributed by atoms with Gasteiger partial charge in [0, 0.05) is 11.4 Å². The van der Waals surface area contributed by atoms with Crippen molar-refractivity contribution in [3.8, 4) is 0 Å². The third-order valence-electron chi connectivity index (χ3n) is 3.30. The molecule has 0 aliphatic carbocycles. The van der Waals surface area contributed by atoms with E-state index in [1.165, 1.54) is 22.9 Å². The predicted molar refractivity (Wildman–Crippen MR) is 91.9 cm³/mol. The Labute approximate surface area is 147 Å². The van der Waals surface area contributed by atoms with Crippen LogP contribution < -0.4 is 10.2 Å². The highest BCUT2D eigenvalue weighted by Gasteiger charge is 2.24. The quantitative estimate of drug-likeness (QED) is 0.663. The van der Waals surface area contributed by atoms with E-state index >= 15 is 0 Å². The predicted octanol–water partition coefficient (Wildman–Crippen LogP) is 3.06. The third-order valence-corrected chi connectivity index (χ3v) is 4.13. The number of halogens is 1. The number of amides is 2. The lowest BCUT2D eigenvalue weighted by Gasteiger charge is -2.14. The number of hydrogen-bond donors (Lipinski definition) is 1. The van der Waals surface area contributed by atoms with Gasteiger partial charge in [-0.05, 0) is 24.5 Å². The van der Waals surface area contributed by atoms with E-state index in [0.29, 0.717) is 29.7 Å². The molecule has 1 N–H and O–H groups in total. The van der Waals surface area contributed by atoms with Crippen LogP contribution in [-0.4, -0.2) is 41.4 Å². The van der Waals surface area contributed by atoms with E-state index in [0.717, 1.165) is 0 Å². The molecular formula is C15H13ClN4O3S. The number of hydrogen-bond acceptors (Lipinski definition) is 6. The zero-order valence-electron chi connectivity index (χ0n) is 12.7. The summed E-state index contributed by atoms with van der Waals surface area (Å²) in [5.74, 6) is -0.446. The molecule has 7 nitrogen and oxygen atoms in total. The molecule has 24 heavy (non-hydrogen) atoms. The molecule has 2 aromatic rings. The average molecular weight is 365 g/mol. The van der Waals surface area contributed by atoms with Crippen LogP contribution in [-0.2, 0) is 4.74 Å². The minimum Gasteiger partial charge on any atom is -0.447 e. The molecule has 0 spiro atoms. The van der Waals surface area contributed by atoms with Crippen LogP contribution in [0.5, 0.6) is 0 Å². The molecule has 1 saturated heterocycles. The summed E-state index contributed by atoms with van der Waals surface area (Å²) in [6.45, 7) is 0.828. The van der Waals surface area contributed by atoms with E-state index in [1.807, 2.05) is 6.26 Å². The maximum absolute atomic E-state index is 12.4. The Hall–Kier alpha value is -2.32. The third kappa shape index (κ3) is 3.44. The van der Waals surface area contributed by atoms with Crippen molar-refractivity contribution in [3.63, 3.8) is 0 Å². The van der Waals surface area contributed by atoms with Crippen LogP contribution in [0.4, 0.5) is 16.2 Å². The average Bonchev–Trinajstić information content (AvgIpc) is 3.01. The highest BCUT2D eigenvalue weighted by molar-refractivity contribution is 7.98. The summed E-state index contributed by atoms with van der Waals surface area (Å²) in [6.07, 6.45) is 2.80. The number of carbonyl (C=O) groups excluding carboxylic acids is 2. The summed E-state index contributed by atoms with van der Waals surface area (Å²) in [6, 6.07) is 6.92. The summed E-state index contributed by atoms with van der Waals surface area (Å²) < 4.78 is 4.91. The number of anilines is 2. The highest BCUT2D eigenvalue weighted by atomic mass is 35.5. The number of ether oxygens (including phenoxy) is 1. The summed E-state index contributed by atoms with van der Waals surface area (Å²) in [7, 11) is 0. The summed E-state index contributed by atoms with van der Waals surface area (Å²) >= 11 is 7.32. The van der Waals surface area contributed by atoms with Gasteiger partial charge in [0.1, 0.15) is 6.61 Å². The highest BCUT2D eigenvalue weighted by Crippen LogP contribution is 2.23. The van der Waals surface area contributed by atoms with Gasteiger partial charge in [-0.15, -0.1) is 0 Å². The summed E-state index contributed by atoms with van der Waals surface area (Å²) in [4.78, 5) is 33.6. The van der Waals surface area contributed by atoms with E-state index in [-0.39, 0.29) is 10.7 Å². The molecule has 2 amide bonds. The number of cyclic esters (lactones) is 1. The molecule has 3 rings (SSSR count). The largest absolute Gasteiger partial charge is 0.447 e. The Balaban J connectivity index is 1.81. The van der Waals surface area contributed by atoms with Crippen molar-refractivity contribution >= 4 is 46.7 Å². The van der Waals surface area contributed by atoms with E-state index in [1.54, 1.807) is 24.3 Å². The van der Waals surface area contributed by atoms with Crippen LogP contribution >= 0.6 is 23.4 Å². The first-order valence-corrected chi connectivity index (χ1v) is 8.61. The standard InChI is InChI=1S/C15H13ClN4O3S/c1-24-14-17-8-11(16)12(19-14)13(21)18-9-3-2-4-10(7-9)20-5-6-23-15(20)22/h2-4,7-8H,5-6H2,1H3,(H,18,21). The van der Waals surface area contributed by atoms with Crippen molar-refractivity contribution in [1.82, 2.24) is 9.97 Å². The molecule has 0 unspecified atom stereocenters. The molecule has 0 bridgehead atoms. The van der Waals surface area contributed by atoms with E-state index < -0.39 is 12.0 Å². The van der Waals surface area contributed by atoms with Crippen molar-refractivity contribution in [2.45, 2.75) is 5.16 Å². The second kappa shape index (κ2) is 7.06. The molecule has 0 radical (unpaired) electrons. The minimum absolute atomic E-state index is 0.0991. The van der Waals surface area contributed by atoms with Crippen molar-refractivity contribution in [3.05, 3.63) is 41.2 Å². The fraction of sp³-hybridized carbons (Fsp3) is 0.200. The lowest BCUT2D eigenvalue weighted by Crippen LogP contribution is -2.23. The van der Waals surface area contributed by atoms with E-state index in [4.69, 9.17) is 16.3 Å². The topological polar surface area (TPSA) is 84.4 Å². The monoisotopic (exact) mass is 364 g/mol. The van der Waals surface area contributed by atoms with Crippen molar-refractivity contribution in [1.29, 1.82) is 0 Å².